The number of carbonyl (C=O) groups is 4. The highest BCUT2D eigenvalue weighted by Crippen LogP contribution is 2.39. The van der Waals surface area contributed by atoms with Crippen molar-refractivity contribution in [2.24, 2.45) is 29.4 Å². The Morgan fingerprint density at radius 2 is 1.47 bits per heavy atom. The Balaban J connectivity index is 1.24. The molecule has 0 spiro atoms. The molecular formula is C38H66N6O5. The molecule has 11 nitrogen and oxygen atoms in total. The first kappa shape index (κ1) is 38.0. The molecule has 5 fully saturated rings. The number of likely N-dealkylation sites (tertiary alicyclic amines) is 1. The number of piperidine rings is 2. The zero-order chi connectivity index (χ0) is 35.1. The van der Waals surface area contributed by atoms with Gasteiger partial charge in [-0.3, -0.25) is 24.1 Å². The van der Waals surface area contributed by atoms with Crippen molar-refractivity contribution in [2.45, 2.75) is 178 Å². The molecule has 3 saturated carbocycles. The average molecular weight is 687 g/mol. The minimum absolute atomic E-state index is 0.00287. The summed E-state index contributed by atoms with van der Waals surface area (Å²) in [5, 5.41) is 24.4. The second-order valence-corrected chi connectivity index (χ2v) is 17.3. The molecule has 0 bridgehead atoms. The Kier molecular flexibility index (Phi) is 13.4. The molecule has 278 valence electrons. The summed E-state index contributed by atoms with van der Waals surface area (Å²) in [7, 11) is 0. The number of carbonyl (C=O) groups excluding carboxylic acids is 4. The fourth-order valence-electron chi connectivity index (χ4n) is 9.74. The molecule has 0 radical (unpaired) electrons. The molecule has 0 aromatic heterocycles. The standard InChI is InChI=1S/C38H66N6O5/c1-38(2,3)43-37(49)32-20-26-14-7-8-15-27(26)22-44(32)23-33(45)30(19-24-11-5-4-6-12-24)41-34(46)21-31(35(39)47)42-36(48)29-18-17-25-13-9-10-16-28(25)40-29/h24-33,40,45H,4-23H2,1-3H3,(H2,39,47)(H,41,46)(H,42,48)(H,43,49)/t25?,26-,27+,28?,29?,30-,31-,32+,33+/m0/s1. The molecule has 9 atom stereocenters. The van der Waals surface area contributed by atoms with Crippen molar-refractivity contribution in [1.29, 1.82) is 0 Å². The molecule has 3 aliphatic carbocycles. The van der Waals surface area contributed by atoms with Crippen LogP contribution in [0.5, 0.6) is 0 Å². The van der Waals surface area contributed by atoms with Crippen molar-refractivity contribution in [3.05, 3.63) is 0 Å². The number of nitrogens with one attached hydrogen (secondary N) is 4. The molecular weight excluding hydrogens is 620 g/mol. The van der Waals surface area contributed by atoms with E-state index in [1.807, 2.05) is 20.8 Å². The highest BCUT2D eigenvalue weighted by atomic mass is 16.3. The number of hydrogen-bond donors (Lipinski definition) is 6. The Hall–Kier alpha value is -2.24. The lowest BCUT2D eigenvalue weighted by Gasteiger charge is -2.47. The Morgan fingerprint density at radius 1 is 0.816 bits per heavy atom. The van der Waals surface area contributed by atoms with Crippen LogP contribution in [-0.2, 0) is 19.2 Å². The van der Waals surface area contributed by atoms with Crippen LogP contribution >= 0.6 is 0 Å². The quantitative estimate of drug-likeness (QED) is 0.183. The van der Waals surface area contributed by atoms with Crippen molar-refractivity contribution < 1.29 is 24.3 Å². The number of β-amino-alcohol motifs (C(OH)–C–C–N with tert-alkyl or cyclic N) is 1. The minimum atomic E-state index is -1.14. The predicted octanol–water partition coefficient (Wildman–Crippen LogP) is 3.27. The molecule has 2 heterocycles. The lowest BCUT2D eigenvalue weighted by atomic mass is 9.72. The van der Waals surface area contributed by atoms with Crippen LogP contribution in [0.25, 0.3) is 0 Å². The summed E-state index contributed by atoms with van der Waals surface area (Å²) in [6.07, 6.45) is 16.9. The Morgan fingerprint density at radius 3 is 2.16 bits per heavy atom. The number of amides is 4. The van der Waals surface area contributed by atoms with Gasteiger partial charge in [0.15, 0.2) is 0 Å². The Bertz CT molecular complexity index is 1140. The van der Waals surface area contributed by atoms with Gasteiger partial charge in [0.2, 0.25) is 23.6 Å². The number of primary amides is 1. The van der Waals surface area contributed by atoms with Crippen LogP contribution < -0.4 is 27.0 Å². The number of rotatable bonds is 12. The largest absolute Gasteiger partial charge is 0.390 e. The van der Waals surface area contributed by atoms with Crippen molar-refractivity contribution in [2.75, 3.05) is 13.1 Å². The van der Waals surface area contributed by atoms with E-state index in [0.717, 1.165) is 70.8 Å². The van der Waals surface area contributed by atoms with Gasteiger partial charge >= 0.3 is 0 Å². The van der Waals surface area contributed by atoms with Gasteiger partial charge in [0.1, 0.15) is 6.04 Å². The molecule has 49 heavy (non-hydrogen) atoms. The van der Waals surface area contributed by atoms with E-state index in [-0.39, 0.29) is 36.4 Å². The van der Waals surface area contributed by atoms with Crippen LogP contribution in [0.15, 0.2) is 0 Å². The maximum absolute atomic E-state index is 13.6. The summed E-state index contributed by atoms with van der Waals surface area (Å²) in [4.78, 5) is 55.1. The fourth-order valence-corrected chi connectivity index (χ4v) is 9.74. The van der Waals surface area contributed by atoms with E-state index < -0.39 is 36.0 Å². The molecule has 11 heteroatoms. The summed E-state index contributed by atoms with van der Waals surface area (Å²) in [6, 6.07) is -2.09. The number of hydrogen-bond acceptors (Lipinski definition) is 7. The van der Waals surface area contributed by atoms with Gasteiger partial charge < -0.3 is 32.1 Å². The third-order valence-electron chi connectivity index (χ3n) is 12.4. The van der Waals surface area contributed by atoms with Crippen LogP contribution in [0.3, 0.4) is 0 Å². The zero-order valence-corrected chi connectivity index (χ0v) is 30.5. The van der Waals surface area contributed by atoms with E-state index in [1.54, 1.807) is 0 Å². The molecule has 2 aliphatic heterocycles. The Labute approximate surface area is 294 Å². The molecule has 0 aromatic carbocycles. The van der Waals surface area contributed by atoms with E-state index in [4.69, 9.17) is 5.73 Å². The number of nitrogens with two attached hydrogens (primary N) is 1. The van der Waals surface area contributed by atoms with Crippen molar-refractivity contribution in [1.82, 2.24) is 26.2 Å². The molecule has 2 saturated heterocycles. The van der Waals surface area contributed by atoms with Gasteiger partial charge in [0.05, 0.1) is 30.7 Å². The van der Waals surface area contributed by atoms with E-state index in [0.29, 0.717) is 42.6 Å². The van der Waals surface area contributed by atoms with E-state index >= 15 is 0 Å². The fraction of sp³-hybridized carbons (Fsp3) is 0.895. The highest BCUT2D eigenvalue weighted by molar-refractivity contribution is 5.92. The van der Waals surface area contributed by atoms with Crippen molar-refractivity contribution in [3.8, 4) is 0 Å². The van der Waals surface area contributed by atoms with Gasteiger partial charge in [-0.15, -0.1) is 0 Å². The maximum atomic E-state index is 13.6. The van der Waals surface area contributed by atoms with E-state index in [1.165, 1.54) is 32.1 Å². The van der Waals surface area contributed by atoms with Crippen LogP contribution in [0.2, 0.25) is 0 Å². The van der Waals surface area contributed by atoms with Gasteiger partial charge in [0.25, 0.3) is 0 Å². The first-order chi connectivity index (χ1) is 23.4. The van der Waals surface area contributed by atoms with E-state index in [2.05, 4.69) is 26.2 Å². The average Bonchev–Trinajstić information content (AvgIpc) is 3.06. The number of aliphatic hydroxyl groups excluding tert-OH is 1. The minimum Gasteiger partial charge on any atom is -0.390 e. The van der Waals surface area contributed by atoms with Crippen LogP contribution in [0.1, 0.15) is 136 Å². The van der Waals surface area contributed by atoms with Gasteiger partial charge in [0, 0.05) is 24.7 Å². The third-order valence-corrected chi connectivity index (χ3v) is 12.4. The summed E-state index contributed by atoms with van der Waals surface area (Å²) in [5.74, 6) is 0.556. The molecule has 7 N–H and O–H groups in total. The number of aliphatic hydroxyl groups is 1. The topological polar surface area (TPSA) is 166 Å². The predicted molar refractivity (Wildman–Crippen MR) is 190 cm³/mol. The smallest absolute Gasteiger partial charge is 0.240 e. The summed E-state index contributed by atoms with van der Waals surface area (Å²) >= 11 is 0. The summed E-state index contributed by atoms with van der Waals surface area (Å²) in [5.41, 5.74) is 5.36. The summed E-state index contributed by atoms with van der Waals surface area (Å²) in [6.45, 7) is 7.03. The second-order valence-electron chi connectivity index (χ2n) is 17.3. The third kappa shape index (κ3) is 10.9. The molecule has 0 aromatic rings. The monoisotopic (exact) mass is 687 g/mol. The van der Waals surface area contributed by atoms with E-state index in [9.17, 15) is 24.3 Å². The number of fused-ring (bicyclic) bond motifs is 2. The van der Waals surface area contributed by atoms with Crippen LogP contribution in [0, 0.1) is 23.7 Å². The van der Waals surface area contributed by atoms with Gasteiger partial charge in [-0.25, -0.2) is 0 Å². The highest BCUT2D eigenvalue weighted by Gasteiger charge is 2.42. The molecule has 5 rings (SSSR count). The first-order valence-corrected chi connectivity index (χ1v) is 19.8. The second kappa shape index (κ2) is 17.3. The van der Waals surface area contributed by atoms with Crippen LogP contribution in [0.4, 0.5) is 0 Å². The number of nitrogens with zero attached hydrogens (tertiary/aromatic N) is 1. The SMILES string of the molecule is CC(C)(C)NC(=O)[C@H]1C[C@@H]2CCCC[C@@H]2CN1C[C@@H](O)[C@H](CC1CCCCC1)NC(=O)C[C@H](NC(=O)C1CCC2CCCCC2N1)C(N)=O. The lowest BCUT2D eigenvalue weighted by molar-refractivity contribution is -0.134. The van der Waals surface area contributed by atoms with Crippen molar-refractivity contribution in [3.63, 3.8) is 0 Å². The van der Waals surface area contributed by atoms with Gasteiger partial charge in [-0.1, -0.05) is 64.2 Å². The van der Waals surface area contributed by atoms with Crippen molar-refractivity contribution >= 4 is 23.6 Å². The normalized spacial score (nSPS) is 31.7. The maximum Gasteiger partial charge on any atom is 0.240 e. The van der Waals surface area contributed by atoms with Gasteiger partial charge in [-0.2, -0.15) is 0 Å². The van der Waals surface area contributed by atoms with Crippen LogP contribution in [-0.4, -0.2) is 88.6 Å². The van der Waals surface area contributed by atoms with Gasteiger partial charge in [-0.05, 0) is 89.4 Å². The molecule has 3 unspecified atom stereocenters. The lowest BCUT2D eigenvalue weighted by Crippen LogP contribution is -2.60. The molecule has 4 amide bonds. The molecule has 5 aliphatic rings. The first-order valence-electron chi connectivity index (χ1n) is 19.8. The zero-order valence-electron chi connectivity index (χ0n) is 30.5. The summed E-state index contributed by atoms with van der Waals surface area (Å²) < 4.78 is 0.